The number of benzene rings is 1. The molecule has 1 saturated carbocycles. The van der Waals surface area contributed by atoms with Gasteiger partial charge in [0.15, 0.2) is 0 Å². The Morgan fingerprint density at radius 2 is 1.52 bits per heavy atom. The first-order chi connectivity index (χ1) is 10.1. The molecule has 116 valence electrons. The van der Waals surface area contributed by atoms with Crippen molar-refractivity contribution >= 4 is 0 Å². The molecule has 21 heavy (non-hydrogen) atoms. The van der Waals surface area contributed by atoms with Crippen LogP contribution in [-0.2, 0) is 5.60 Å². The molecule has 1 heteroatoms. The third-order valence-corrected chi connectivity index (χ3v) is 4.93. The van der Waals surface area contributed by atoms with Crippen LogP contribution in [0, 0.1) is 5.92 Å². The van der Waals surface area contributed by atoms with E-state index in [9.17, 15) is 5.11 Å². The fourth-order valence-corrected chi connectivity index (χ4v) is 3.63. The van der Waals surface area contributed by atoms with Crippen LogP contribution in [0.1, 0.15) is 76.8 Å². The maximum absolute atomic E-state index is 10.4. The Labute approximate surface area is 130 Å². The monoisotopic (exact) mass is 286 g/mol. The summed E-state index contributed by atoms with van der Waals surface area (Å²) in [6.45, 7) is 8.44. The summed E-state index contributed by atoms with van der Waals surface area (Å²) in [6, 6.07) is 8.71. The van der Waals surface area contributed by atoms with Gasteiger partial charge >= 0.3 is 0 Å². The van der Waals surface area contributed by atoms with E-state index >= 15 is 0 Å². The lowest BCUT2D eigenvalue weighted by Gasteiger charge is -2.34. The second-order valence-corrected chi connectivity index (χ2v) is 6.67. The molecule has 0 spiro atoms. The third-order valence-electron chi connectivity index (χ3n) is 4.93. The first kappa shape index (κ1) is 16.3. The van der Waals surface area contributed by atoms with Crippen molar-refractivity contribution in [2.45, 2.75) is 71.3 Å². The van der Waals surface area contributed by atoms with Crippen LogP contribution in [0.3, 0.4) is 0 Å². The second-order valence-electron chi connectivity index (χ2n) is 6.67. The maximum atomic E-state index is 10.4. The Morgan fingerprint density at radius 1 is 1.00 bits per heavy atom. The molecule has 0 amide bonds. The second kappa shape index (κ2) is 6.79. The van der Waals surface area contributed by atoms with Crippen molar-refractivity contribution in [3.8, 4) is 0 Å². The van der Waals surface area contributed by atoms with E-state index in [0.717, 1.165) is 23.8 Å². The van der Waals surface area contributed by atoms with Gasteiger partial charge in [0.25, 0.3) is 0 Å². The van der Waals surface area contributed by atoms with Crippen molar-refractivity contribution in [1.82, 2.24) is 0 Å². The molecule has 2 aliphatic rings. The predicted octanol–water partition coefficient (Wildman–Crippen LogP) is 5.54. The van der Waals surface area contributed by atoms with Gasteiger partial charge in [-0.05, 0) is 48.8 Å². The number of hydrogen-bond acceptors (Lipinski definition) is 1. The summed E-state index contributed by atoms with van der Waals surface area (Å²) >= 11 is 0. The molecular weight excluding hydrogens is 256 g/mol. The van der Waals surface area contributed by atoms with Gasteiger partial charge in [-0.3, -0.25) is 0 Å². The summed E-state index contributed by atoms with van der Waals surface area (Å²) in [7, 11) is 0. The van der Waals surface area contributed by atoms with Crippen LogP contribution in [0.2, 0.25) is 0 Å². The van der Waals surface area contributed by atoms with E-state index in [0.29, 0.717) is 0 Å². The average molecular weight is 286 g/mol. The average Bonchev–Trinajstić information content (AvgIpc) is 2.49. The number of hydrogen-bond donors (Lipinski definition) is 1. The Bertz CT molecular complexity index is 477. The molecule has 1 aromatic carbocycles. The normalized spacial score (nSPS) is 31.6. The highest BCUT2D eigenvalue weighted by atomic mass is 16.3. The zero-order valence-electron chi connectivity index (χ0n) is 14.0. The SMILES string of the molecule is CC.CC1=CC(O)(c2ccc(C3CCC(C)CC3)cc2)C1. The van der Waals surface area contributed by atoms with E-state index < -0.39 is 5.60 Å². The predicted molar refractivity (Wildman–Crippen MR) is 90.4 cm³/mol. The van der Waals surface area contributed by atoms with Crippen molar-refractivity contribution < 1.29 is 5.11 Å². The van der Waals surface area contributed by atoms with Crippen molar-refractivity contribution in [1.29, 1.82) is 0 Å². The van der Waals surface area contributed by atoms with Gasteiger partial charge < -0.3 is 5.11 Å². The largest absolute Gasteiger partial charge is 0.381 e. The van der Waals surface area contributed by atoms with Crippen molar-refractivity contribution in [3.63, 3.8) is 0 Å². The van der Waals surface area contributed by atoms with Crippen LogP contribution in [0.5, 0.6) is 0 Å². The van der Waals surface area contributed by atoms with Crippen LogP contribution in [0.25, 0.3) is 0 Å². The first-order valence-corrected chi connectivity index (χ1v) is 8.58. The molecule has 3 rings (SSSR count). The van der Waals surface area contributed by atoms with Gasteiger partial charge in [0.1, 0.15) is 5.60 Å². The van der Waals surface area contributed by atoms with E-state index in [1.54, 1.807) is 0 Å². The molecule has 0 aliphatic heterocycles. The Hall–Kier alpha value is -1.08. The molecule has 0 heterocycles. The molecule has 1 unspecified atom stereocenters. The van der Waals surface area contributed by atoms with Crippen LogP contribution < -0.4 is 0 Å². The summed E-state index contributed by atoms with van der Waals surface area (Å²) < 4.78 is 0. The molecule has 1 fully saturated rings. The standard InChI is InChI=1S/C18H24O.C2H6/c1-13-3-5-15(6-4-13)16-7-9-17(10-8-16)18(19)11-14(2)12-18;1-2/h7-11,13,15,19H,3-6,12H2,1-2H3;1-2H3. The molecule has 0 bridgehead atoms. The van der Waals surface area contributed by atoms with Crippen molar-refractivity contribution in [2.24, 2.45) is 5.92 Å². The Morgan fingerprint density at radius 3 is 2.00 bits per heavy atom. The molecule has 1 atom stereocenters. The van der Waals surface area contributed by atoms with Gasteiger partial charge in [-0.1, -0.05) is 63.5 Å². The van der Waals surface area contributed by atoms with Crippen molar-refractivity contribution in [3.05, 3.63) is 47.0 Å². The topological polar surface area (TPSA) is 20.2 Å². The Kier molecular flexibility index (Phi) is 5.27. The van der Waals surface area contributed by atoms with Crippen molar-refractivity contribution in [2.75, 3.05) is 0 Å². The molecule has 2 aliphatic carbocycles. The van der Waals surface area contributed by atoms with Gasteiger partial charge in [0.05, 0.1) is 0 Å². The van der Waals surface area contributed by atoms with E-state index in [2.05, 4.69) is 38.1 Å². The van der Waals surface area contributed by atoms with Crippen LogP contribution in [0.4, 0.5) is 0 Å². The van der Waals surface area contributed by atoms with Gasteiger partial charge in [-0.15, -0.1) is 0 Å². The minimum absolute atomic E-state index is 0.691. The molecular formula is C20H30O. The molecule has 0 aromatic heterocycles. The highest BCUT2D eigenvalue weighted by molar-refractivity contribution is 5.38. The highest BCUT2D eigenvalue weighted by Gasteiger charge is 2.34. The lowest BCUT2D eigenvalue weighted by molar-refractivity contribution is 0.0685. The smallest absolute Gasteiger partial charge is 0.112 e. The summed E-state index contributed by atoms with van der Waals surface area (Å²) in [4.78, 5) is 0. The number of aliphatic hydroxyl groups is 1. The fourth-order valence-electron chi connectivity index (χ4n) is 3.63. The molecule has 1 aromatic rings. The maximum Gasteiger partial charge on any atom is 0.112 e. The summed E-state index contributed by atoms with van der Waals surface area (Å²) in [6.07, 6.45) is 8.13. The minimum Gasteiger partial charge on any atom is -0.381 e. The van der Waals surface area contributed by atoms with E-state index in [4.69, 9.17) is 0 Å². The molecule has 0 saturated heterocycles. The van der Waals surface area contributed by atoms with E-state index in [-0.39, 0.29) is 0 Å². The van der Waals surface area contributed by atoms with E-state index in [1.807, 2.05) is 19.9 Å². The summed E-state index contributed by atoms with van der Waals surface area (Å²) in [5.74, 6) is 1.64. The highest BCUT2D eigenvalue weighted by Crippen LogP contribution is 2.40. The lowest BCUT2D eigenvalue weighted by Crippen LogP contribution is -2.30. The zero-order valence-corrected chi connectivity index (χ0v) is 14.0. The first-order valence-electron chi connectivity index (χ1n) is 8.58. The van der Waals surface area contributed by atoms with E-state index in [1.165, 1.54) is 36.8 Å². The van der Waals surface area contributed by atoms with Crippen LogP contribution in [0.15, 0.2) is 35.9 Å². The van der Waals surface area contributed by atoms with Gasteiger partial charge in [-0.25, -0.2) is 0 Å². The quantitative estimate of drug-likeness (QED) is 0.707. The fraction of sp³-hybridized carbons (Fsp3) is 0.600. The van der Waals surface area contributed by atoms with Crippen LogP contribution >= 0.6 is 0 Å². The summed E-state index contributed by atoms with van der Waals surface area (Å²) in [5, 5.41) is 10.4. The lowest BCUT2D eigenvalue weighted by atomic mass is 9.76. The zero-order chi connectivity index (χ0) is 15.5. The molecule has 0 radical (unpaired) electrons. The number of rotatable bonds is 2. The minimum atomic E-state index is -0.691. The molecule has 1 N–H and O–H groups in total. The third kappa shape index (κ3) is 3.58. The Balaban J connectivity index is 0.000000774. The van der Waals surface area contributed by atoms with Crippen LogP contribution in [-0.4, -0.2) is 5.11 Å². The molecule has 1 nitrogen and oxygen atoms in total. The summed E-state index contributed by atoms with van der Waals surface area (Å²) in [5.41, 5.74) is 3.10. The van der Waals surface area contributed by atoms with Gasteiger partial charge in [0.2, 0.25) is 0 Å². The van der Waals surface area contributed by atoms with Gasteiger partial charge in [0, 0.05) is 6.42 Å². The van der Waals surface area contributed by atoms with Gasteiger partial charge in [-0.2, -0.15) is 0 Å².